The first-order valence-electron chi connectivity index (χ1n) is 9.46. The van der Waals surface area contributed by atoms with E-state index in [-0.39, 0.29) is 5.92 Å². The van der Waals surface area contributed by atoms with Crippen LogP contribution in [0.4, 0.5) is 6.01 Å². The van der Waals surface area contributed by atoms with Crippen molar-refractivity contribution >= 4 is 6.01 Å². The molecule has 142 valence electrons. The van der Waals surface area contributed by atoms with Gasteiger partial charge in [0.2, 0.25) is 11.8 Å². The second kappa shape index (κ2) is 7.85. The van der Waals surface area contributed by atoms with Crippen molar-refractivity contribution in [2.24, 2.45) is 5.92 Å². The molecule has 0 bridgehead atoms. The topological polar surface area (TPSA) is 94.0 Å². The van der Waals surface area contributed by atoms with Crippen molar-refractivity contribution in [3.8, 4) is 0 Å². The predicted octanol–water partition coefficient (Wildman–Crippen LogP) is 3.02. The molecule has 1 aliphatic rings. The van der Waals surface area contributed by atoms with Gasteiger partial charge in [0, 0.05) is 31.9 Å². The molecule has 3 aromatic rings. The normalized spacial score (nSPS) is 17.6. The number of aromatic nitrogens is 5. The minimum absolute atomic E-state index is 0.197. The number of piperidine rings is 1. The summed E-state index contributed by atoms with van der Waals surface area (Å²) in [6.07, 6.45) is 7.02. The summed E-state index contributed by atoms with van der Waals surface area (Å²) < 4.78 is 11.4. The highest BCUT2D eigenvalue weighted by Crippen LogP contribution is 2.29. The Hall–Kier alpha value is -2.77. The lowest BCUT2D eigenvalue weighted by Crippen LogP contribution is -2.34. The summed E-state index contributed by atoms with van der Waals surface area (Å²) in [7, 11) is 0. The van der Waals surface area contributed by atoms with Gasteiger partial charge in [0.25, 0.3) is 0 Å². The third-order valence-corrected chi connectivity index (χ3v) is 4.68. The summed E-state index contributed by atoms with van der Waals surface area (Å²) in [4.78, 5) is 10.7. The van der Waals surface area contributed by atoms with Gasteiger partial charge >= 0.3 is 6.01 Å². The Balaban J connectivity index is 1.42. The average Bonchev–Trinajstić information content (AvgIpc) is 3.32. The van der Waals surface area contributed by atoms with Crippen LogP contribution in [0.15, 0.2) is 33.5 Å². The van der Waals surface area contributed by atoms with Crippen molar-refractivity contribution in [1.29, 1.82) is 0 Å². The molecule has 8 heteroatoms. The highest BCUT2D eigenvalue weighted by molar-refractivity contribution is 5.27. The molecule has 1 atom stereocenters. The first kappa shape index (κ1) is 17.6. The van der Waals surface area contributed by atoms with Gasteiger partial charge in [0.15, 0.2) is 5.82 Å². The monoisotopic (exact) mass is 368 g/mol. The first-order valence-corrected chi connectivity index (χ1v) is 9.46. The van der Waals surface area contributed by atoms with E-state index in [1.807, 2.05) is 12.1 Å². The number of nitrogens with zero attached hydrogens (tertiary/aromatic N) is 6. The zero-order valence-electron chi connectivity index (χ0n) is 15.7. The summed E-state index contributed by atoms with van der Waals surface area (Å²) in [5.41, 5.74) is 1.10. The lowest BCUT2D eigenvalue weighted by molar-refractivity contribution is 0.325. The summed E-state index contributed by atoms with van der Waals surface area (Å²) in [5, 5.41) is 12.5. The number of pyridine rings is 1. The molecule has 4 heterocycles. The van der Waals surface area contributed by atoms with Crippen LogP contribution in [0, 0.1) is 5.92 Å². The van der Waals surface area contributed by atoms with Crippen LogP contribution in [-0.4, -0.2) is 38.4 Å². The number of hydrogen-bond donors (Lipinski definition) is 0. The number of anilines is 1. The van der Waals surface area contributed by atoms with Crippen LogP contribution in [-0.2, 0) is 12.8 Å². The second-order valence-corrected chi connectivity index (χ2v) is 7.44. The van der Waals surface area contributed by atoms with Gasteiger partial charge < -0.3 is 13.8 Å². The molecule has 1 fully saturated rings. The van der Waals surface area contributed by atoms with Crippen LogP contribution >= 0.6 is 0 Å². The van der Waals surface area contributed by atoms with Crippen molar-refractivity contribution in [1.82, 2.24) is 25.3 Å². The third kappa shape index (κ3) is 4.32. The van der Waals surface area contributed by atoms with Gasteiger partial charge in [-0.25, -0.2) is 0 Å². The van der Waals surface area contributed by atoms with Crippen LogP contribution in [0.3, 0.4) is 0 Å². The fraction of sp³-hybridized carbons (Fsp3) is 0.526. The number of rotatable bonds is 6. The minimum atomic E-state index is 0.197. The van der Waals surface area contributed by atoms with E-state index in [4.69, 9.17) is 8.94 Å². The highest BCUT2D eigenvalue weighted by atomic mass is 16.5. The maximum atomic E-state index is 5.89. The molecule has 8 nitrogen and oxygen atoms in total. The quantitative estimate of drug-likeness (QED) is 0.655. The van der Waals surface area contributed by atoms with E-state index in [9.17, 15) is 0 Å². The molecule has 0 aliphatic carbocycles. The van der Waals surface area contributed by atoms with E-state index in [2.05, 4.69) is 44.1 Å². The van der Waals surface area contributed by atoms with Gasteiger partial charge in [-0.05, 0) is 36.5 Å². The Bertz CT molecular complexity index is 860. The molecule has 1 saturated heterocycles. The Labute approximate surface area is 158 Å². The zero-order chi connectivity index (χ0) is 18.6. The van der Waals surface area contributed by atoms with Crippen LogP contribution in [0.1, 0.15) is 55.8 Å². The Morgan fingerprint density at radius 3 is 2.89 bits per heavy atom. The number of hydrogen-bond acceptors (Lipinski definition) is 8. The molecule has 0 N–H and O–H groups in total. The molecule has 0 radical (unpaired) electrons. The largest absolute Gasteiger partial charge is 0.408 e. The van der Waals surface area contributed by atoms with Gasteiger partial charge in [0.1, 0.15) is 0 Å². The van der Waals surface area contributed by atoms with E-state index in [0.29, 0.717) is 30.1 Å². The van der Waals surface area contributed by atoms with Gasteiger partial charge in [-0.3, -0.25) is 4.98 Å². The van der Waals surface area contributed by atoms with Crippen LogP contribution in [0.5, 0.6) is 0 Å². The van der Waals surface area contributed by atoms with Crippen LogP contribution in [0.2, 0.25) is 0 Å². The van der Waals surface area contributed by atoms with Gasteiger partial charge in [-0.15, -0.1) is 5.10 Å². The second-order valence-electron chi connectivity index (χ2n) is 7.44. The molecule has 3 aromatic heterocycles. The fourth-order valence-electron chi connectivity index (χ4n) is 3.35. The van der Waals surface area contributed by atoms with Crippen LogP contribution in [0.25, 0.3) is 0 Å². The Kier molecular flexibility index (Phi) is 5.13. The van der Waals surface area contributed by atoms with Crippen LogP contribution < -0.4 is 4.90 Å². The predicted molar refractivity (Wildman–Crippen MR) is 98.4 cm³/mol. The van der Waals surface area contributed by atoms with E-state index in [1.54, 1.807) is 12.4 Å². The SMILES string of the molecule is CC(C)Cc1noc(C2CCCN(c3nnc(Cc4ccncc4)o3)C2)n1. The van der Waals surface area contributed by atoms with Gasteiger partial charge in [-0.1, -0.05) is 24.1 Å². The van der Waals surface area contributed by atoms with Crippen molar-refractivity contribution in [3.05, 3.63) is 47.7 Å². The average molecular weight is 368 g/mol. The maximum Gasteiger partial charge on any atom is 0.318 e. The molecule has 0 spiro atoms. The lowest BCUT2D eigenvalue weighted by atomic mass is 9.98. The molecule has 27 heavy (non-hydrogen) atoms. The van der Waals surface area contributed by atoms with E-state index in [1.165, 1.54) is 0 Å². The van der Waals surface area contributed by atoms with Crippen molar-refractivity contribution < 1.29 is 8.94 Å². The molecular weight excluding hydrogens is 344 g/mol. The Morgan fingerprint density at radius 2 is 2.07 bits per heavy atom. The van der Waals surface area contributed by atoms with Gasteiger partial charge in [0.05, 0.1) is 12.3 Å². The van der Waals surface area contributed by atoms with E-state index < -0.39 is 0 Å². The van der Waals surface area contributed by atoms with E-state index >= 15 is 0 Å². The van der Waals surface area contributed by atoms with E-state index in [0.717, 1.165) is 43.7 Å². The van der Waals surface area contributed by atoms with Crippen molar-refractivity contribution in [3.63, 3.8) is 0 Å². The molecule has 0 saturated carbocycles. The molecule has 4 rings (SSSR count). The fourth-order valence-corrected chi connectivity index (χ4v) is 3.35. The molecule has 1 unspecified atom stereocenters. The van der Waals surface area contributed by atoms with Gasteiger partial charge in [-0.2, -0.15) is 4.98 Å². The minimum Gasteiger partial charge on any atom is -0.408 e. The van der Waals surface area contributed by atoms with Crippen molar-refractivity contribution in [2.75, 3.05) is 18.0 Å². The highest BCUT2D eigenvalue weighted by Gasteiger charge is 2.28. The first-order chi connectivity index (χ1) is 13.2. The standard InChI is InChI=1S/C19H24N6O2/c1-13(2)10-16-21-18(27-24-16)15-4-3-9-25(12-15)19-23-22-17(26-19)11-14-5-7-20-8-6-14/h5-8,13,15H,3-4,9-12H2,1-2H3. The molecule has 1 aliphatic heterocycles. The maximum absolute atomic E-state index is 5.89. The molecule has 0 aromatic carbocycles. The summed E-state index contributed by atoms with van der Waals surface area (Å²) in [6, 6.07) is 4.46. The Morgan fingerprint density at radius 1 is 1.22 bits per heavy atom. The van der Waals surface area contributed by atoms with Crippen molar-refractivity contribution in [2.45, 2.75) is 45.4 Å². The summed E-state index contributed by atoms with van der Waals surface area (Å²) in [6.45, 7) is 5.94. The molecule has 0 amide bonds. The summed E-state index contributed by atoms with van der Waals surface area (Å²) in [5.74, 6) is 2.81. The smallest absolute Gasteiger partial charge is 0.318 e. The zero-order valence-corrected chi connectivity index (χ0v) is 15.7. The lowest BCUT2D eigenvalue weighted by Gasteiger charge is -2.29. The third-order valence-electron chi connectivity index (χ3n) is 4.68. The molecular formula is C19H24N6O2. The summed E-state index contributed by atoms with van der Waals surface area (Å²) >= 11 is 0.